The second kappa shape index (κ2) is 27.3. The molecule has 1 aliphatic heterocycles. The molecule has 0 saturated carbocycles. The summed E-state index contributed by atoms with van der Waals surface area (Å²) in [5.74, 6) is 0.833. The minimum Gasteiger partial charge on any atom is -0.388 e. The summed E-state index contributed by atoms with van der Waals surface area (Å²) >= 11 is 1.73. The fraction of sp³-hybridized carbons (Fsp3) is 0.419. The maximum atomic E-state index is 10.7. The van der Waals surface area contributed by atoms with E-state index in [0.717, 1.165) is 55.1 Å². The van der Waals surface area contributed by atoms with Gasteiger partial charge in [-0.05, 0) is 55.0 Å². The Labute approximate surface area is 231 Å². The lowest BCUT2D eigenvalue weighted by molar-refractivity contribution is -0.111. The number of likely N-dealkylation sites (tertiary alicyclic amines) is 1. The summed E-state index contributed by atoms with van der Waals surface area (Å²) in [4.78, 5) is 18.5. The molecule has 1 saturated heterocycles. The van der Waals surface area contributed by atoms with Crippen LogP contribution >= 0.6 is 11.3 Å². The van der Waals surface area contributed by atoms with Crippen LogP contribution in [0.4, 0.5) is 0 Å². The van der Waals surface area contributed by atoms with Crippen molar-refractivity contribution in [3.63, 3.8) is 0 Å². The molecule has 2 aromatic heterocycles. The largest absolute Gasteiger partial charge is 0.388 e. The summed E-state index contributed by atoms with van der Waals surface area (Å²) in [5, 5.41) is 5.06. The van der Waals surface area contributed by atoms with Crippen molar-refractivity contribution in [1.82, 2.24) is 15.2 Å². The van der Waals surface area contributed by atoms with Gasteiger partial charge in [0.15, 0.2) is 0 Å². The molecule has 0 spiro atoms. The van der Waals surface area contributed by atoms with Crippen molar-refractivity contribution in [3.8, 4) is 36.3 Å². The summed E-state index contributed by atoms with van der Waals surface area (Å²) in [6.45, 7) is 17.7. The predicted octanol–water partition coefficient (Wildman–Crippen LogP) is 6.69. The predicted molar refractivity (Wildman–Crippen MR) is 163 cm³/mol. The fourth-order valence-corrected chi connectivity index (χ4v) is 3.55. The number of ether oxygens (including phenoxy) is 1. The lowest BCUT2D eigenvalue weighted by Gasteiger charge is -2.24. The van der Waals surface area contributed by atoms with Gasteiger partial charge in [-0.1, -0.05) is 53.0 Å². The molecule has 0 amide bonds. The van der Waals surface area contributed by atoms with E-state index in [-0.39, 0.29) is 6.04 Å². The Morgan fingerprint density at radius 3 is 2.27 bits per heavy atom. The average molecular weight is 526 g/mol. The molecule has 37 heavy (non-hydrogen) atoms. The zero-order valence-electron chi connectivity index (χ0n) is 23.7. The van der Waals surface area contributed by atoms with Crippen molar-refractivity contribution in [2.45, 2.75) is 53.0 Å². The number of aromatic nitrogens is 1. The van der Waals surface area contributed by atoms with Crippen LogP contribution in [0, 0.1) is 31.6 Å². The van der Waals surface area contributed by atoms with Crippen molar-refractivity contribution >= 4 is 17.6 Å². The minimum absolute atomic E-state index is 0.0408. The summed E-state index contributed by atoms with van der Waals surface area (Å²) in [5.41, 5.74) is 3.22. The Balaban J connectivity index is -0.000000453. The number of terminal acetylenes is 2. The van der Waals surface area contributed by atoms with Crippen molar-refractivity contribution < 1.29 is 9.53 Å². The molecular formula is C31H47N3O2S. The van der Waals surface area contributed by atoms with E-state index >= 15 is 0 Å². The molecule has 0 aromatic carbocycles. The normalized spacial score (nSPS) is 12.6. The lowest BCUT2D eigenvalue weighted by atomic mass is 10.2. The highest BCUT2D eigenvalue weighted by Gasteiger charge is 2.24. The quantitative estimate of drug-likeness (QED) is 0.322. The molecule has 2 aromatic rings. The molecule has 5 nitrogen and oxygen atoms in total. The van der Waals surface area contributed by atoms with Crippen LogP contribution in [0.5, 0.6) is 0 Å². The number of carbonyl (C=O) groups excluding carboxylic acids is 1. The van der Waals surface area contributed by atoms with E-state index in [9.17, 15) is 4.79 Å². The Bertz CT molecular complexity index is 849. The van der Waals surface area contributed by atoms with E-state index in [4.69, 9.17) is 0 Å². The second-order valence-corrected chi connectivity index (χ2v) is 9.12. The van der Waals surface area contributed by atoms with Gasteiger partial charge in [0, 0.05) is 32.2 Å². The highest BCUT2D eigenvalue weighted by molar-refractivity contribution is 7.13. The van der Waals surface area contributed by atoms with Crippen molar-refractivity contribution in [2.75, 3.05) is 27.3 Å². The topological polar surface area (TPSA) is 54.5 Å². The maximum Gasteiger partial charge on any atom is 0.142 e. The van der Waals surface area contributed by atoms with Crippen LogP contribution < -0.4 is 5.32 Å². The zero-order valence-corrected chi connectivity index (χ0v) is 24.5. The molecule has 0 unspecified atom stereocenters. The third kappa shape index (κ3) is 19.5. The number of aryl methyl sites for hydroxylation is 1. The summed E-state index contributed by atoms with van der Waals surface area (Å²) in [6.07, 6.45) is 21.7. The molecule has 3 rings (SSSR count). The molecule has 0 bridgehead atoms. The molecule has 0 aliphatic carbocycles. The Hall–Kier alpha value is -3.32. The fourth-order valence-electron chi connectivity index (χ4n) is 2.86. The van der Waals surface area contributed by atoms with E-state index in [0.29, 0.717) is 6.54 Å². The standard InChI is InChI=1S/C11H11NS.C10H16N2O.C4H10.C2H6O.2C2H2/c1-2-9-5-3-6-10(12-9)11-7-4-8-13-11;1-3-11-7-9(2)12-6-4-5-10(12)8-13;1-4(2)3;1-3-2;2*1-2/h3-8H,2H2,1H3;3,8,10-11H,1-2,4-7H2;4H,1-3H3;1-2H3;2*1-2H/t;10-;;;;/m.0..../s1. The minimum atomic E-state index is 0.0408. The summed E-state index contributed by atoms with van der Waals surface area (Å²) in [7, 11) is 3.25. The second-order valence-electron chi connectivity index (χ2n) is 8.18. The van der Waals surface area contributed by atoms with E-state index in [1.54, 1.807) is 31.8 Å². The molecule has 6 heteroatoms. The van der Waals surface area contributed by atoms with E-state index in [2.05, 4.69) is 122 Å². The zero-order chi connectivity index (χ0) is 29.1. The first kappa shape index (κ1) is 38.2. The molecular weight excluding hydrogens is 478 g/mol. The Kier molecular flexibility index (Phi) is 28.2. The van der Waals surface area contributed by atoms with Crippen molar-refractivity contribution in [2.24, 2.45) is 5.92 Å². The number of aldehydes is 1. The van der Waals surface area contributed by atoms with E-state index in [1.807, 2.05) is 0 Å². The molecule has 0 radical (unpaired) electrons. The van der Waals surface area contributed by atoms with Crippen LogP contribution in [0.1, 0.15) is 46.2 Å². The van der Waals surface area contributed by atoms with Crippen LogP contribution in [0.25, 0.3) is 10.6 Å². The van der Waals surface area contributed by atoms with Gasteiger partial charge >= 0.3 is 0 Å². The summed E-state index contributed by atoms with van der Waals surface area (Å²) in [6, 6.07) is 10.4. The van der Waals surface area contributed by atoms with Crippen LogP contribution in [0.3, 0.4) is 0 Å². The van der Waals surface area contributed by atoms with Crippen LogP contribution in [0.2, 0.25) is 0 Å². The number of nitrogens with zero attached hydrogens (tertiary/aromatic N) is 2. The highest BCUT2D eigenvalue weighted by atomic mass is 32.1. The average Bonchev–Trinajstić information content (AvgIpc) is 3.63. The molecule has 1 atom stereocenters. The summed E-state index contributed by atoms with van der Waals surface area (Å²) < 4.78 is 4.25. The van der Waals surface area contributed by atoms with Gasteiger partial charge in [-0.25, -0.2) is 0 Å². The van der Waals surface area contributed by atoms with E-state index in [1.165, 1.54) is 4.88 Å². The Morgan fingerprint density at radius 2 is 1.81 bits per heavy atom. The number of methoxy groups -OCH3 is 1. The van der Waals surface area contributed by atoms with Crippen molar-refractivity contribution in [3.05, 3.63) is 66.5 Å². The third-order valence-electron chi connectivity index (χ3n) is 4.26. The van der Waals surface area contributed by atoms with E-state index < -0.39 is 0 Å². The third-order valence-corrected chi connectivity index (χ3v) is 5.15. The number of carbonyl (C=O) groups is 1. The monoisotopic (exact) mass is 525 g/mol. The molecule has 3 heterocycles. The first-order valence-corrected chi connectivity index (χ1v) is 13.0. The Morgan fingerprint density at radius 1 is 1.22 bits per heavy atom. The van der Waals surface area contributed by atoms with Gasteiger partial charge < -0.3 is 19.7 Å². The number of pyridine rings is 1. The first-order valence-electron chi connectivity index (χ1n) is 12.1. The molecule has 204 valence electrons. The number of hydrogen-bond acceptors (Lipinski definition) is 6. The number of nitrogens with one attached hydrogen (secondary N) is 1. The molecule has 1 N–H and O–H groups in total. The van der Waals surface area contributed by atoms with Gasteiger partial charge in [-0.15, -0.1) is 37.0 Å². The van der Waals surface area contributed by atoms with Crippen molar-refractivity contribution in [1.29, 1.82) is 0 Å². The first-order chi connectivity index (χ1) is 17.8. The van der Waals surface area contributed by atoms with Gasteiger partial charge in [0.2, 0.25) is 0 Å². The number of rotatable bonds is 7. The van der Waals surface area contributed by atoms with Crippen LogP contribution in [-0.4, -0.2) is 49.5 Å². The van der Waals surface area contributed by atoms with Gasteiger partial charge in [0.05, 0.1) is 23.2 Å². The maximum absolute atomic E-state index is 10.7. The molecule has 1 aliphatic rings. The SMILES string of the molecule is C#C.C#C.C=CNCC(=C)N1CCC[C@H]1C=O.CC(C)C.CCc1cccc(-c2cccs2)n1.COC. The van der Waals surface area contributed by atoms with Gasteiger partial charge in [0.25, 0.3) is 0 Å². The highest BCUT2D eigenvalue weighted by Crippen LogP contribution is 2.22. The van der Waals surface area contributed by atoms with Gasteiger partial charge in [-0.2, -0.15) is 0 Å². The lowest BCUT2D eigenvalue weighted by Crippen LogP contribution is -2.33. The van der Waals surface area contributed by atoms with Crippen LogP contribution in [-0.2, 0) is 16.0 Å². The molecule has 1 fully saturated rings. The van der Waals surface area contributed by atoms with Crippen LogP contribution in [0.15, 0.2) is 60.8 Å². The van der Waals surface area contributed by atoms with Gasteiger partial charge in [0.1, 0.15) is 6.29 Å². The number of thiophene rings is 1. The smallest absolute Gasteiger partial charge is 0.142 e. The number of hydrogen-bond donors (Lipinski definition) is 1. The van der Waals surface area contributed by atoms with Gasteiger partial charge in [-0.3, -0.25) is 4.98 Å².